The van der Waals surface area contributed by atoms with E-state index in [1.807, 2.05) is 0 Å². The molecule has 4 saturated carbocycles. The van der Waals surface area contributed by atoms with Crippen LogP contribution in [0.1, 0.15) is 86.0 Å². The van der Waals surface area contributed by atoms with Crippen LogP contribution in [0.5, 0.6) is 0 Å². The topological polar surface area (TPSA) is 74.6 Å². The van der Waals surface area contributed by atoms with Crippen molar-refractivity contribution in [1.82, 2.24) is 0 Å². The molecular formula is C23H36O4. The summed E-state index contributed by atoms with van der Waals surface area (Å²) in [6.45, 7) is 10.0. The molecule has 4 fully saturated rings. The molecule has 0 amide bonds. The summed E-state index contributed by atoms with van der Waals surface area (Å²) in [7, 11) is 0. The van der Waals surface area contributed by atoms with Crippen LogP contribution in [-0.4, -0.2) is 33.0 Å². The molecule has 0 radical (unpaired) electrons. The smallest absolute Gasteiger partial charge is 0.136 e. The average molecular weight is 377 g/mol. The number of carbonyl (C=O) groups is 2. The summed E-state index contributed by atoms with van der Waals surface area (Å²) in [5.74, 6) is 1.37. The Bertz CT molecular complexity index is 698. The van der Waals surface area contributed by atoms with E-state index in [0.717, 1.165) is 25.7 Å². The Hall–Kier alpha value is -0.740. The van der Waals surface area contributed by atoms with Gasteiger partial charge in [0.25, 0.3) is 0 Å². The van der Waals surface area contributed by atoms with Crippen LogP contribution < -0.4 is 0 Å². The van der Waals surface area contributed by atoms with Crippen molar-refractivity contribution in [3.63, 3.8) is 0 Å². The minimum atomic E-state index is -1.34. The Labute approximate surface area is 163 Å². The van der Waals surface area contributed by atoms with Gasteiger partial charge in [-0.15, -0.1) is 0 Å². The molecule has 0 aromatic rings. The van der Waals surface area contributed by atoms with E-state index in [0.29, 0.717) is 42.8 Å². The molecule has 0 aliphatic heterocycles. The first-order valence-electron chi connectivity index (χ1n) is 10.8. The Kier molecular flexibility index (Phi) is 3.95. The maximum absolute atomic E-state index is 12.6. The molecule has 0 aromatic heterocycles. The van der Waals surface area contributed by atoms with Gasteiger partial charge in [0.05, 0.1) is 5.60 Å². The maximum atomic E-state index is 12.6. The van der Waals surface area contributed by atoms with Crippen molar-refractivity contribution in [1.29, 1.82) is 0 Å². The van der Waals surface area contributed by atoms with Crippen molar-refractivity contribution in [2.75, 3.05) is 0 Å². The highest BCUT2D eigenvalue weighted by Crippen LogP contribution is 2.72. The van der Waals surface area contributed by atoms with E-state index < -0.39 is 16.6 Å². The number of hydrogen-bond donors (Lipinski definition) is 2. The van der Waals surface area contributed by atoms with Crippen LogP contribution in [0, 0.1) is 34.0 Å². The first kappa shape index (κ1) is 19.6. The Morgan fingerprint density at radius 1 is 0.963 bits per heavy atom. The second-order valence-corrected chi connectivity index (χ2v) is 11.2. The van der Waals surface area contributed by atoms with Gasteiger partial charge in [-0.2, -0.15) is 0 Å². The average Bonchev–Trinajstić information content (AvgIpc) is 2.84. The maximum Gasteiger partial charge on any atom is 0.136 e. The molecule has 4 nitrogen and oxygen atoms in total. The van der Waals surface area contributed by atoms with Crippen LogP contribution in [0.25, 0.3) is 0 Å². The summed E-state index contributed by atoms with van der Waals surface area (Å²) in [5.41, 5.74) is -3.37. The lowest BCUT2D eigenvalue weighted by molar-refractivity contribution is -0.286. The fourth-order valence-corrected chi connectivity index (χ4v) is 8.32. The zero-order valence-electron chi connectivity index (χ0n) is 17.6. The van der Waals surface area contributed by atoms with Crippen molar-refractivity contribution >= 4 is 11.6 Å². The standard InChI is InChI=1S/C23H36O4/c1-14(24)19(2)10-7-17-16-13-22(5,26)23(27)12-15(25)6-9-21(23,4)18(16)8-11-20(17,19)3/h16-18,26-27H,6-13H2,1-5H3/t16-,17-,18-,19+,20-,21+,22+,23+/m0/s1. The van der Waals surface area contributed by atoms with Crippen molar-refractivity contribution < 1.29 is 19.8 Å². The molecule has 8 atom stereocenters. The van der Waals surface area contributed by atoms with Crippen LogP contribution >= 0.6 is 0 Å². The van der Waals surface area contributed by atoms with Crippen LogP contribution in [0.4, 0.5) is 0 Å². The van der Waals surface area contributed by atoms with E-state index in [4.69, 9.17) is 0 Å². The molecule has 2 N–H and O–H groups in total. The van der Waals surface area contributed by atoms with Crippen molar-refractivity contribution in [2.24, 2.45) is 34.0 Å². The van der Waals surface area contributed by atoms with E-state index >= 15 is 0 Å². The molecule has 4 aliphatic rings. The van der Waals surface area contributed by atoms with Gasteiger partial charge in [0.1, 0.15) is 17.2 Å². The molecule has 0 bridgehead atoms. The lowest BCUT2D eigenvalue weighted by Crippen LogP contribution is -2.73. The number of carbonyl (C=O) groups excluding carboxylic acids is 2. The second kappa shape index (κ2) is 5.44. The molecule has 0 spiro atoms. The molecule has 0 unspecified atom stereocenters. The highest BCUT2D eigenvalue weighted by atomic mass is 16.4. The Morgan fingerprint density at radius 3 is 2.19 bits per heavy atom. The van der Waals surface area contributed by atoms with Gasteiger partial charge in [0.2, 0.25) is 0 Å². The molecule has 4 rings (SSSR count). The minimum Gasteiger partial charge on any atom is -0.387 e. The summed E-state index contributed by atoms with van der Waals surface area (Å²) in [5, 5.41) is 23.1. The summed E-state index contributed by atoms with van der Waals surface area (Å²) in [6, 6.07) is 0. The summed E-state index contributed by atoms with van der Waals surface area (Å²) in [4.78, 5) is 24.8. The third kappa shape index (κ3) is 2.12. The highest BCUT2D eigenvalue weighted by molar-refractivity contribution is 5.83. The Balaban J connectivity index is 1.78. The van der Waals surface area contributed by atoms with Gasteiger partial charge in [0.15, 0.2) is 0 Å². The molecule has 152 valence electrons. The van der Waals surface area contributed by atoms with Crippen molar-refractivity contribution in [3.8, 4) is 0 Å². The van der Waals surface area contributed by atoms with Crippen molar-refractivity contribution in [2.45, 2.75) is 97.2 Å². The normalized spacial score (nSPS) is 57.6. The zero-order chi connectivity index (χ0) is 20.0. The number of Topliss-reactive ketones (excluding diaryl/α,β-unsaturated/α-hetero) is 2. The third-order valence-corrected chi connectivity index (χ3v) is 10.5. The third-order valence-electron chi connectivity index (χ3n) is 10.5. The van der Waals surface area contributed by atoms with E-state index in [2.05, 4.69) is 20.8 Å². The molecule has 27 heavy (non-hydrogen) atoms. The predicted molar refractivity (Wildman–Crippen MR) is 103 cm³/mol. The quantitative estimate of drug-likeness (QED) is 0.732. The number of hydrogen-bond acceptors (Lipinski definition) is 4. The van der Waals surface area contributed by atoms with Gasteiger partial charge < -0.3 is 10.2 Å². The summed E-state index contributed by atoms with van der Waals surface area (Å²) in [6.07, 6.45) is 5.70. The lowest BCUT2D eigenvalue weighted by Gasteiger charge is -2.67. The lowest BCUT2D eigenvalue weighted by atomic mass is 9.39. The van der Waals surface area contributed by atoms with Gasteiger partial charge in [-0.25, -0.2) is 0 Å². The monoisotopic (exact) mass is 376 g/mol. The van der Waals surface area contributed by atoms with Gasteiger partial charge in [-0.1, -0.05) is 20.8 Å². The number of aliphatic hydroxyl groups is 2. The minimum absolute atomic E-state index is 0.0353. The fraction of sp³-hybridized carbons (Fsp3) is 0.913. The SMILES string of the molecule is CC(=O)[C@@]1(C)CC[C@H]2[C@@H]3C[C@@](C)(O)[C@@]4(O)CC(=O)CC[C@]4(C)[C@H]3CC[C@@]21C. The molecule has 4 aliphatic carbocycles. The van der Waals surface area contributed by atoms with E-state index in [1.54, 1.807) is 13.8 Å². The first-order chi connectivity index (χ1) is 12.3. The summed E-state index contributed by atoms with van der Waals surface area (Å²) >= 11 is 0. The van der Waals surface area contributed by atoms with E-state index in [1.165, 1.54) is 0 Å². The largest absolute Gasteiger partial charge is 0.387 e. The van der Waals surface area contributed by atoms with Gasteiger partial charge >= 0.3 is 0 Å². The molecule has 0 aromatic carbocycles. The summed E-state index contributed by atoms with van der Waals surface area (Å²) < 4.78 is 0. The van der Waals surface area contributed by atoms with Gasteiger partial charge in [0, 0.05) is 23.7 Å². The molecule has 0 saturated heterocycles. The van der Waals surface area contributed by atoms with E-state index in [-0.39, 0.29) is 23.0 Å². The second-order valence-electron chi connectivity index (χ2n) is 11.2. The van der Waals surface area contributed by atoms with Gasteiger partial charge in [-0.3, -0.25) is 9.59 Å². The predicted octanol–water partition coefficient (Wildman–Crippen LogP) is 3.67. The highest BCUT2D eigenvalue weighted by Gasteiger charge is 2.72. The fourth-order valence-electron chi connectivity index (χ4n) is 8.32. The molecule has 0 heterocycles. The van der Waals surface area contributed by atoms with Crippen LogP contribution in [0.3, 0.4) is 0 Å². The van der Waals surface area contributed by atoms with Crippen LogP contribution in [0.2, 0.25) is 0 Å². The number of ketones is 2. The first-order valence-corrected chi connectivity index (χ1v) is 10.8. The molecule has 4 heteroatoms. The van der Waals surface area contributed by atoms with Gasteiger partial charge in [-0.05, 0) is 75.5 Å². The number of fused-ring (bicyclic) bond motifs is 5. The van der Waals surface area contributed by atoms with E-state index in [9.17, 15) is 19.8 Å². The van der Waals surface area contributed by atoms with Crippen LogP contribution in [0.15, 0.2) is 0 Å². The molecular weight excluding hydrogens is 340 g/mol. The van der Waals surface area contributed by atoms with Crippen molar-refractivity contribution in [3.05, 3.63) is 0 Å². The number of rotatable bonds is 1. The van der Waals surface area contributed by atoms with Crippen LogP contribution in [-0.2, 0) is 9.59 Å². The zero-order valence-corrected chi connectivity index (χ0v) is 17.6. The Morgan fingerprint density at radius 2 is 1.56 bits per heavy atom.